The van der Waals surface area contributed by atoms with Gasteiger partial charge in [-0.25, -0.2) is 0 Å². The molecule has 1 amide bonds. The van der Waals surface area contributed by atoms with E-state index in [2.05, 4.69) is 31.3 Å². The first kappa shape index (κ1) is 47.1. The van der Waals surface area contributed by atoms with Crippen LogP contribution in [0.5, 0.6) is 0 Å². The smallest absolute Gasteiger partial charge is 0.220 e. The number of carbonyl (C=O) groups excluding carboxylic acids is 1. The Labute approximate surface area is 301 Å². The molecule has 0 saturated heterocycles. The van der Waals surface area contributed by atoms with Gasteiger partial charge in [-0.15, -0.1) is 0 Å². The maximum absolute atomic E-state index is 12.4. The summed E-state index contributed by atoms with van der Waals surface area (Å²) in [6.07, 6.45) is 50.0. The lowest BCUT2D eigenvalue weighted by molar-refractivity contribution is -0.123. The van der Waals surface area contributed by atoms with Crippen LogP contribution in [0, 0.1) is 0 Å². The van der Waals surface area contributed by atoms with Gasteiger partial charge in [0.05, 0.1) is 18.8 Å². The van der Waals surface area contributed by atoms with Crippen molar-refractivity contribution < 1.29 is 15.0 Å². The van der Waals surface area contributed by atoms with E-state index in [1.54, 1.807) is 0 Å². The minimum absolute atomic E-state index is 0.0336. The van der Waals surface area contributed by atoms with Crippen LogP contribution in [0.15, 0.2) is 12.2 Å². The van der Waals surface area contributed by atoms with Gasteiger partial charge in [0.1, 0.15) is 0 Å². The minimum Gasteiger partial charge on any atom is -0.394 e. The normalized spacial score (nSPS) is 13.0. The van der Waals surface area contributed by atoms with Crippen LogP contribution in [0.1, 0.15) is 245 Å². The highest BCUT2D eigenvalue weighted by atomic mass is 16.3. The number of rotatable bonds is 40. The van der Waals surface area contributed by atoms with Gasteiger partial charge < -0.3 is 15.5 Å². The SMILES string of the molecule is CCCCCCCCCCCCCC/C=C\CCCCCCCCCC(=O)NC(CO)C(O)CCCCCCCCCCCCCCC. The molecule has 0 rings (SSSR count). The first-order valence-electron chi connectivity index (χ1n) is 21.9. The average Bonchev–Trinajstić information content (AvgIpc) is 3.09. The van der Waals surface area contributed by atoms with Crippen LogP contribution in [-0.2, 0) is 4.79 Å². The maximum atomic E-state index is 12.4. The highest BCUT2D eigenvalue weighted by Crippen LogP contribution is 2.16. The lowest BCUT2D eigenvalue weighted by Gasteiger charge is -2.22. The van der Waals surface area contributed by atoms with Crippen LogP contribution in [0.3, 0.4) is 0 Å². The number of unbranched alkanes of at least 4 members (excludes halogenated alkanes) is 31. The van der Waals surface area contributed by atoms with Crippen LogP contribution in [0.4, 0.5) is 0 Å². The van der Waals surface area contributed by atoms with Crippen LogP contribution in [0.25, 0.3) is 0 Å². The van der Waals surface area contributed by atoms with Gasteiger partial charge >= 0.3 is 0 Å². The van der Waals surface area contributed by atoms with Crippen LogP contribution in [0.2, 0.25) is 0 Å². The van der Waals surface area contributed by atoms with E-state index in [1.807, 2.05) is 0 Å². The zero-order chi connectivity index (χ0) is 35.0. The average molecular weight is 678 g/mol. The highest BCUT2D eigenvalue weighted by Gasteiger charge is 2.20. The molecule has 2 unspecified atom stereocenters. The van der Waals surface area contributed by atoms with Crippen molar-refractivity contribution in [3.05, 3.63) is 12.2 Å². The summed E-state index contributed by atoms with van der Waals surface area (Å²) >= 11 is 0. The molecule has 0 aliphatic rings. The first-order chi connectivity index (χ1) is 23.7. The number of aliphatic hydroxyl groups excluding tert-OH is 2. The third kappa shape index (κ3) is 36.4. The topological polar surface area (TPSA) is 69.6 Å². The van der Waals surface area contributed by atoms with Gasteiger partial charge in [-0.1, -0.05) is 212 Å². The Morgan fingerprint density at radius 2 is 0.792 bits per heavy atom. The molecular formula is C44H87NO3. The number of amides is 1. The van der Waals surface area contributed by atoms with Crippen molar-refractivity contribution in [2.24, 2.45) is 0 Å². The largest absolute Gasteiger partial charge is 0.394 e. The monoisotopic (exact) mass is 678 g/mol. The molecule has 0 fully saturated rings. The summed E-state index contributed by atoms with van der Waals surface area (Å²) in [5.41, 5.74) is 0. The molecule has 2 atom stereocenters. The van der Waals surface area contributed by atoms with Gasteiger partial charge in [0.2, 0.25) is 5.91 Å². The fourth-order valence-electron chi connectivity index (χ4n) is 6.89. The lowest BCUT2D eigenvalue weighted by atomic mass is 10.0. The van der Waals surface area contributed by atoms with E-state index in [-0.39, 0.29) is 12.5 Å². The Hall–Kier alpha value is -0.870. The summed E-state index contributed by atoms with van der Waals surface area (Å²) in [5.74, 6) is -0.0336. The summed E-state index contributed by atoms with van der Waals surface area (Å²) < 4.78 is 0. The fraction of sp³-hybridized carbons (Fsp3) is 0.932. The van der Waals surface area contributed by atoms with Crippen molar-refractivity contribution in [2.75, 3.05) is 6.61 Å². The Balaban J connectivity index is 3.48. The van der Waals surface area contributed by atoms with Crippen molar-refractivity contribution in [1.29, 1.82) is 0 Å². The Bertz CT molecular complexity index is 651. The molecular weight excluding hydrogens is 590 g/mol. The standard InChI is InChI=1S/C44H87NO3/c1-3-5-7-9-11-13-15-17-18-19-20-21-22-23-24-25-26-28-30-32-34-36-38-40-44(48)45-42(41-46)43(47)39-37-35-33-31-29-27-16-14-12-10-8-6-4-2/h23-24,42-43,46-47H,3-22,25-41H2,1-2H3,(H,45,48)/b24-23-. The summed E-state index contributed by atoms with van der Waals surface area (Å²) in [7, 11) is 0. The van der Waals surface area contributed by atoms with Crippen molar-refractivity contribution in [3.8, 4) is 0 Å². The zero-order valence-electron chi connectivity index (χ0n) is 32.8. The molecule has 0 heterocycles. The van der Waals surface area contributed by atoms with E-state index in [4.69, 9.17) is 0 Å². The Morgan fingerprint density at radius 3 is 1.15 bits per heavy atom. The number of hydrogen-bond acceptors (Lipinski definition) is 3. The molecule has 0 radical (unpaired) electrons. The van der Waals surface area contributed by atoms with Gasteiger partial charge in [-0.05, 0) is 38.5 Å². The summed E-state index contributed by atoms with van der Waals surface area (Å²) in [6, 6.07) is -0.534. The summed E-state index contributed by atoms with van der Waals surface area (Å²) in [4.78, 5) is 12.4. The van der Waals surface area contributed by atoms with Gasteiger partial charge in [-0.2, -0.15) is 0 Å². The van der Waals surface area contributed by atoms with E-state index >= 15 is 0 Å². The van der Waals surface area contributed by atoms with Gasteiger partial charge in [0.25, 0.3) is 0 Å². The van der Waals surface area contributed by atoms with Crippen LogP contribution in [-0.4, -0.2) is 34.9 Å². The number of allylic oxidation sites excluding steroid dienone is 2. The second-order valence-corrected chi connectivity index (χ2v) is 15.1. The van der Waals surface area contributed by atoms with Crippen molar-refractivity contribution in [3.63, 3.8) is 0 Å². The van der Waals surface area contributed by atoms with E-state index < -0.39 is 12.1 Å². The number of aliphatic hydroxyl groups is 2. The quantitative estimate of drug-likeness (QED) is 0.0446. The third-order valence-electron chi connectivity index (χ3n) is 10.3. The van der Waals surface area contributed by atoms with Crippen molar-refractivity contribution in [2.45, 2.75) is 257 Å². The number of nitrogens with one attached hydrogen (secondary N) is 1. The predicted octanol–water partition coefficient (Wildman–Crippen LogP) is 13.5. The molecule has 0 aliphatic heterocycles. The molecule has 0 bridgehead atoms. The molecule has 0 aromatic heterocycles. The van der Waals surface area contributed by atoms with Gasteiger partial charge in [-0.3, -0.25) is 4.79 Å². The summed E-state index contributed by atoms with van der Waals surface area (Å²) in [5, 5.41) is 23.1. The zero-order valence-corrected chi connectivity index (χ0v) is 32.8. The third-order valence-corrected chi connectivity index (χ3v) is 10.3. The Kier molecular flexibility index (Phi) is 39.8. The maximum Gasteiger partial charge on any atom is 0.220 e. The number of carbonyl (C=O) groups is 1. The van der Waals surface area contributed by atoms with Crippen molar-refractivity contribution in [1.82, 2.24) is 5.32 Å². The highest BCUT2D eigenvalue weighted by molar-refractivity contribution is 5.76. The predicted molar refractivity (Wildman–Crippen MR) is 212 cm³/mol. The van der Waals surface area contributed by atoms with E-state index in [1.165, 1.54) is 193 Å². The van der Waals surface area contributed by atoms with E-state index in [0.29, 0.717) is 12.8 Å². The molecule has 0 aromatic carbocycles. The van der Waals surface area contributed by atoms with Gasteiger partial charge in [0, 0.05) is 6.42 Å². The van der Waals surface area contributed by atoms with Crippen LogP contribution >= 0.6 is 0 Å². The fourth-order valence-corrected chi connectivity index (χ4v) is 6.89. The molecule has 286 valence electrons. The Morgan fingerprint density at radius 1 is 0.479 bits per heavy atom. The lowest BCUT2D eigenvalue weighted by Crippen LogP contribution is -2.45. The molecule has 0 spiro atoms. The molecule has 3 N–H and O–H groups in total. The molecule has 4 heteroatoms. The van der Waals surface area contributed by atoms with Crippen molar-refractivity contribution >= 4 is 5.91 Å². The molecule has 0 aliphatic carbocycles. The second kappa shape index (κ2) is 40.6. The molecule has 48 heavy (non-hydrogen) atoms. The minimum atomic E-state index is -0.657. The summed E-state index contributed by atoms with van der Waals surface area (Å²) in [6.45, 7) is 4.37. The molecule has 4 nitrogen and oxygen atoms in total. The number of hydrogen-bond donors (Lipinski definition) is 3. The second-order valence-electron chi connectivity index (χ2n) is 15.1. The first-order valence-corrected chi connectivity index (χ1v) is 21.9. The van der Waals surface area contributed by atoms with E-state index in [0.717, 1.165) is 25.7 Å². The van der Waals surface area contributed by atoms with Crippen LogP contribution < -0.4 is 5.32 Å². The molecule has 0 saturated carbocycles. The molecule has 0 aromatic rings. The van der Waals surface area contributed by atoms with E-state index in [9.17, 15) is 15.0 Å². The van der Waals surface area contributed by atoms with Gasteiger partial charge in [0.15, 0.2) is 0 Å².